The van der Waals surface area contributed by atoms with E-state index in [-0.39, 0.29) is 18.1 Å². The number of rotatable bonds is 3. The number of hydrogen-bond acceptors (Lipinski definition) is 5. The molecule has 0 radical (unpaired) electrons. The fourth-order valence-corrected chi connectivity index (χ4v) is 4.60. The lowest BCUT2D eigenvalue weighted by molar-refractivity contribution is 0.0941. The molecule has 5 nitrogen and oxygen atoms in total. The van der Waals surface area contributed by atoms with Gasteiger partial charge in [0.2, 0.25) is 0 Å². The topological polar surface area (TPSA) is 46.2 Å². The van der Waals surface area contributed by atoms with Gasteiger partial charge in [0, 0.05) is 34.8 Å². The molecule has 5 heteroatoms. The molecular weight excluding hydrogens is 380 g/mol. The van der Waals surface area contributed by atoms with E-state index in [0.717, 1.165) is 51.5 Å². The van der Waals surface area contributed by atoms with Crippen molar-refractivity contribution in [2.75, 3.05) is 20.8 Å². The zero-order valence-electron chi connectivity index (χ0n) is 17.4. The minimum absolute atomic E-state index is 0.0240. The number of ether oxygens (including phenoxy) is 5. The van der Waals surface area contributed by atoms with Crippen LogP contribution in [-0.2, 0) is 6.42 Å². The molecule has 0 fully saturated rings. The molecule has 0 unspecified atom stereocenters. The van der Waals surface area contributed by atoms with Gasteiger partial charge in [-0.15, -0.1) is 5.73 Å². The summed E-state index contributed by atoms with van der Waals surface area (Å²) in [4.78, 5) is 0. The van der Waals surface area contributed by atoms with Crippen LogP contribution in [0.5, 0.6) is 28.7 Å². The van der Waals surface area contributed by atoms with Crippen molar-refractivity contribution < 1.29 is 23.7 Å². The first kappa shape index (κ1) is 18.7. The van der Waals surface area contributed by atoms with Gasteiger partial charge in [-0.2, -0.15) is 0 Å². The molecule has 0 amide bonds. The zero-order chi connectivity index (χ0) is 21.0. The zero-order valence-corrected chi connectivity index (χ0v) is 17.4. The van der Waals surface area contributed by atoms with E-state index in [9.17, 15) is 0 Å². The maximum atomic E-state index is 6.53. The van der Waals surface area contributed by atoms with Gasteiger partial charge in [-0.05, 0) is 30.7 Å². The lowest BCUT2D eigenvalue weighted by atomic mass is 9.78. The van der Waals surface area contributed by atoms with Crippen LogP contribution in [0.2, 0.25) is 0 Å². The second-order valence-corrected chi connectivity index (χ2v) is 7.86. The molecule has 0 saturated carbocycles. The van der Waals surface area contributed by atoms with E-state index in [4.69, 9.17) is 23.7 Å². The van der Waals surface area contributed by atoms with Crippen molar-refractivity contribution in [2.45, 2.75) is 31.5 Å². The molecule has 0 N–H and O–H groups in total. The van der Waals surface area contributed by atoms with Gasteiger partial charge < -0.3 is 23.7 Å². The first-order valence-corrected chi connectivity index (χ1v) is 9.99. The standard InChI is InChI=1S/C25H24O5/c1-6-14-15-7-8-18-17(10-19(29-18)13(2)3)25(15)30-23-12-28-20-11-22(27-5)21(26-4)9-16(20)24(14)23/h7-9,11,19,23-24H,1-2,10,12H2,3-5H3/t19-,23-,24+/m1/s1. The first-order valence-electron chi connectivity index (χ1n) is 9.99. The van der Waals surface area contributed by atoms with E-state index in [0.29, 0.717) is 18.1 Å². The predicted octanol–water partition coefficient (Wildman–Crippen LogP) is 4.69. The van der Waals surface area contributed by atoms with Crippen LogP contribution < -0.4 is 23.7 Å². The fraction of sp³-hybridized carbons (Fsp3) is 0.320. The Morgan fingerprint density at radius 1 is 1.10 bits per heavy atom. The van der Waals surface area contributed by atoms with Crippen molar-refractivity contribution in [3.8, 4) is 28.7 Å². The highest BCUT2D eigenvalue weighted by Crippen LogP contribution is 2.54. The van der Waals surface area contributed by atoms with Crippen molar-refractivity contribution in [1.82, 2.24) is 0 Å². The second kappa shape index (κ2) is 6.89. The van der Waals surface area contributed by atoms with E-state index >= 15 is 0 Å². The summed E-state index contributed by atoms with van der Waals surface area (Å²) in [6.45, 7) is 10.5. The molecule has 3 aliphatic heterocycles. The monoisotopic (exact) mass is 404 g/mol. The van der Waals surface area contributed by atoms with Crippen molar-refractivity contribution >= 4 is 5.57 Å². The van der Waals surface area contributed by atoms with Crippen LogP contribution in [0.3, 0.4) is 0 Å². The van der Waals surface area contributed by atoms with Gasteiger partial charge >= 0.3 is 0 Å². The van der Waals surface area contributed by atoms with Crippen molar-refractivity contribution in [2.24, 2.45) is 0 Å². The summed E-state index contributed by atoms with van der Waals surface area (Å²) in [5, 5.41) is 0. The van der Waals surface area contributed by atoms with E-state index in [2.05, 4.69) is 18.9 Å². The van der Waals surface area contributed by atoms with Crippen LogP contribution >= 0.6 is 0 Å². The predicted molar refractivity (Wildman–Crippen MR) is 114 cm³/mol. The van der Waals surface area contributed by atoms with E-state index in [1.807, 2.05) is 31.2 Å². The van der Waals surface area contributed by atoms with Gasteiger partial charge in [0.05, 0.1) is 20.1 Å². The molecule has 154 valence electrons. The highest BCUT2D eigenvalue weighted by Gasteiger charge is 2.43. The summed E-state index contributed by atoms with van der Waals surface area (Å²) in [7, 11) is 3.25. The van der Waals surface area contributed by atoms with Gasteiger partial charge in [0.1, 0.15) is 36.1 Å². The van der Waals surface area contributed by atoms with Crippen LogP contribution in [0.4, 0.5) is 0 Å². The normalized spacial score (nSPS) is 22.8. The Kier molecular flexibility index (Phi) is 4.30. The quantitative estimate of drug-likeness (QED) is 0.549. The van der Waals surface area contributed by atoms with E-state index in [1.54, 1.807) is 14.2 Å². The van der Waals surface area contributed by atoms with Crippen LogP contribution in [0, 0.1) is 0 Å². The van der Waals surface area contributed by atoms with Crippen LogP contribution in [0.1, 0.15) is 29.5 Å². The molecule has 0 aromatic heterocycles. The lowest BCUT2D eigenvalue weighted by Gasteiger charge is -2.39. The maximum absolute atomic E-state index is 6.53. The molecule has 0 aliphatic carbocycles. The smallest absolute Gasteiger partial charge is 0.164 e. The minimum atomic E-state index is -0.192. The Morgan fingerprint density at radius 3 is 2.57 bits per heavy atom. The molecule has 2 aromatic carbocycles. The summed E-state index contributed by atoms with van der Waals surface area (Å²) < 4.78 is 29.6. The molecule has 0 bridgehead atoms. The van der Waals surface area contributed by atoms with E-state index in [1.165, 1.54) is 0 Å². The molecule has 3 atom stereocenters. The second-order valence-electron chi connectivity index (χ2n) is 7.86. The van der Waals surface area contributed by atoms with Gasteiger partial charge in [-0.1, -0.05) is 13.2 Å². The molecule has 0 saturated heterocycles. The number of hydrogen-bond donors (Lipinski definition) is 0. The van der Waals surface area contributed by atoms with Crippen LogP contribution in [0.25, 0.3) is 5.57 Å². The molecule has 30 heavy (non-hydrogen) atoms. The Bertz CT molecular complexity index is 1110. The average Bonchev–Trinajstić information content (AvgIpc) is 3.21. The number of fused-ring (bicyclic) bond motifs is 6. The highest BCUT2D eigenvalue weighted by atomic mass is 16.5. The molecule has 0 spiro atoms. The summed E-state index contributed by atoms with van der Waals surface area (Å²) in [5.41, 5.74) is 8.25. The van der Waals surface area contributed by atoms with Gasteiger partial charge in [-0.3, -0.25) is 0 Å². The van der Waals surface area contributed by atoms with Crippen molar-refractivity contribution in [3.05, 3.63) is 65.4 Å². The Hall–Kier alpha value is -3.30. The summed E-state index contributed by atoms with van der Waals surface area (Å²) in [6, 6.07) is 7.88. The van der Waals surface area contributed by atoms with Gasteiger partial charge in [-0.25, -0.2) is 0 Å². The number of benzene rings is 2. The number of methoxy groups -OCH3 is 2. The fourth-order valence-electron chi connectivity index (χ4n) is 4.60. The van der Waals surface area contributed by atoms with Gasteiger partial charge in [0.15, 0.2) is 11.5 Å². The SMILES string of the molecule is C=C=C1c2ccc3c(c2O[C@@H]2COc4cc(OC)c(OC)cc4[C@H]12)C[C@H](C(=C)C)O3. The highest BCUT2D eigenvalue weighted by molar-refractivity contribution is 5.81. The average molecular weight is 404 g/mol. The molecule has 3 aliphatic rings. The van der Waals surface area contributed by atoms with Crippen molar-refractivity contribution in [3.63, 3.8) is 0 Å². The molecule has 5 rings (SSSR count). The summed E-state index contributed by atoms with van der Waals surface area (Å²) >= 11 is 0. The largest absolute Gasteiger partial charge is 0.493 e. The summed E-state index contributed by atoms with van der Waals surface area (Å²) in [6.07, 6.45) is 0.532. The van der Waals surface area contributed by atoms with Crippen molar-refractivity contribution in [1.29, 1.82) is 0 Å². The molecular formula is C25H24O5. The van der Waals surface area contributed by atoms with Crippen LogP contribution in [-0.4, -0.2) is 33.0 Å². The molecule has 2 aromatic rings. The Balaban J connectivity index is 1.63. The molecule has 3 heterocycles. The third-order valence-corrected chi connectivity index (χ3v) is 6.11. The van der Waals surface area contributed by atoms with Gasteiger partial charge in [0.25, 0.3) is 0 Å². The minimum Gasteiger partial charge on any atom is -0.493 e. The third-order valence-electron chi connectivity index (χ3n) is 6.11. The lowest BCUT2D eigenvalue weighted by Crippen LogP contribution is -2.39. The first-order chi connectivity index (χ1) is 14.5. The van der Waals surface area contributed by atoms with E-state index < -0.39 is 0 Å². The van der Waals surface area contributed by atoms with Crippen LogP contribution in [0.15, 0.2) is 48.7 Å². The summed E-state index contributed by atoms with van der Waals surface area (Å²) in [5.74, 6) is 3.69. The Morgan fingerprint density at radius 2 is 1.87 bits per heavy atom. The Labute approximate surface area is 176 Å². The maximum Gasteiger partial charge on any atom is 0.164 e. The third kappa shape index (κ3) is 2.62.